The first-order chi connectivity index (χ1) is 12.7. The van der Waals surface area contributed by atoms with Crippen molar-refractivity contribution in [3.05, 3.63) is 0 Å². The normalized spacial score (nSPS) is 28.9. The quantitative estimate of drug-likeness (QED) is 0.566. The molecule has 1 atom stereocenters. The fourth-order valence-electron chi connectivity index (χ4n) is 4.99. The van der Waals surface area contributed by atoms with E-state index in [-0.39, 0.29) is 5.92 Å². The summed E-state index contributed by atoms with van der Waals surface area (Å²) in [4.78, 5) is 19.8. The number of hydrogen-bond donors (Lipinski definition) is 2. The highest BCUT2D eigenvalue weighted by atomic mass is 16.2. The maximum atomic E-state index is 12.8. The van der Waals surface area contributed by atoms with Crippen LogP contribution in [-0.2, 0) is 4.79 Å². The summed E-state index contributed by atoms with van der Waals surface area (Å²) < 4.78 is 0. The van der Waals surface area contributed by atoms with Crippen molar-refractivity contribution in [2.24, 2.45) is 22.2 Å². The highest BCUT2D eigenvalue weighted by Crippen LogP contribution is 2.61. The van der Waals surface area contributed by atoms with Crippen LogP contribution >= 0.6 is 0 Å². The van der Waals surface area contributed by atoms with Crippen molar-refractivity contribution in [3.63, 3.8) is 0 Å². The Kier molecular flexibility index (Phi) is 5.42. The summed E-state index contributed by atoms with van der Waals surface area (Å²) in [5.74, 6) is 2.60. The molecule has 1 aliphatic heterocycles. The van der Waals surface area contributed by atoms with Crippen molar-refractivity contribution >= 4 is 11.9 Å². The summed E-state index contributed by atoms with van der Waals surface area (Å²) in [6.45, 7) is 5.73. The lowest BCUT2D eigenvalue weighted by molar-refractivity contribution is -0.135. The van der Waals surface area contributed by atoms with E-state index in [0.717, 1.165) is 57.3 Å². The van der Waals surface area contributed by atoms with Crippen LogP contribution in [0.4, 0.5) is 0 Å². The Morgan fingerprint density at radius 1 is 1.12 bits per heavy atom. The summed E-state index contributed by atoms with van der Waals surface area (Å²) in [5, 5.41) is 7.02. The molecule has 1 unspecified atom stereocenters. The fraction of sp³-hybridized carbons (Fsp3) is 0.905. The van der Waals surface area contributed by atoms with Gasteiger partial charge in [0.05, 0.1) is 0 Å². The first-order valence-corrected chi connectivity index (χ1v) is 11.0. The third kappa shape index (κ3) is 4.17. The van der Waals surface area contributed by atoms with Crippen LogP contribution in [0, 0.1) is 17.3 Å². The second kappa shape index (κ2) is 7.77. The van der Waals surface area contributed by atoms with Crippen molar-refractivity contribution in [2.45, 2.75) is 77.2 Å². The van der Waals surface area contributed by atoms with E-state index in [1.54, 1.807) is 0 Å². The zero-order valence-corrected chi connectivity index (χ0v) is 16.4. The van der Waals surface area contributed by atoms with Crippen LogP contribution in [0.2, 0.25) is 0 Å². The molecule has 26 heavy (non-hydrogen) atoms. The van der Waals surface area contributed by atoms with Crippen molar-refractivity contribution < 1.29 is 4.79 Å². The Balaban J connectivity index is 1.28. The molecule has 1 amide bonds. The van der Waals surface area contributed by atoms with Crippen molar-refractivity contribution in [3.8, 4) is 0 Å². The lowest BCUT2D eigenvalue weighted by Gasteiger charge is -2.26. The Morgan fingerprint density at radius 3 is 2.54 bits per heavy atom. The maximum Gasteiger partial charge on any atom is 0.225 e. The lowest BCUT2D eigenvalue weighted by Crippen LogP contribution is -2.45. The van der Waals surface area contributed by atoms with Gasteiger partial charge in [0.1, 0.15) is 0 Å². The minimum atomic E-state index is 0.290. The van der Waals surface area contributed by atoms with E-state index < -0.39 is 0 Å². The number of amides is 1. The summed E-state index contributed by atoms with van der Waals surface area (Å²) in [7, 11) is 0. The Labute approximate surface area is 158 Å². The average molecular weight is 361 g/mol. The number of likely N-dealkylation sites (tertiary alicyclic amines) is 1. The van der Waals surface area contributed by atoms with Crippen LogP contribution in [0.3, 0.4) is 0 Å². The molecule has 4 aliphatic rings. The van der Waals surface area contributed by atoms with Crippen LogP contribution in [0.25, 0.3) is 0 Å². The van der Waals surface area contributed by atoms with E-state index in [2.05, 4.69) is 22.5 Å². The minimum absolute atomic E-state index is 0.290. The third-order valence-corrected chi connectivity index (χ3v) is 7.03. The minimum Gasteiger partial charge on any atom is -0.357 e. The first-order valence-electron chi connectivity index (χ1n) is 11.0. The van der Waals surface area contributed by atoms with E-state index in [0.29, 0.717) is 17.4 Å². The molecule has 0 aromatic heterocycles. The number of carbonyl (C=O) groups is 1. The molecule has 5 nitrogen and oxygen atoms in total. The highest BCUT2D eigenvalue weighted by molar-refractivity contribution is 5.81. The van der Waals surface area contributed by atoms with Gasteiger partial charge in [-0.25, -0.2) is 0 Å². The number of rotatable bonds is 6. The molecule has 5 heteroatoms. The van der Waals surface area contributed by atoms with Gasteiger partial charge in [0, 0.05) is 38.1 Å². The molecule has 3 aliphatic carbocycles. The van der Waals surface area contributed by atoms with Gasteiger partial charge in [-0.1, -0.05) is 19.3 Å². The number of aliphatic imine (C=N–C) groups is 1. The molecule has 1 saturated heterocycles. The molecule has 4 fully saturated rings. The molecule has 0 aromatic rings. The molecule has 0 radical (unpaired) electrons. The number of nitrogens with zero attached hydrogens (tertiary/aromatic N) is 2. The van der Waals surface area contributed by atoms with Gasteiger partial charge in [0.25, 0.3) is 0 Å². The number of guanidine groups is 1. The molecule has 3 saturated carbocycles. The van der Waals surface area contributed by atoms with Crippen molar-refractivity contribution in [2.75, 3.05) is 26.2 Å². The van der Waals surface area contributed by atoms with Crippen LogP contribution in [0.15, 0.2) is 4.99 Å². The molecule has 2 N–H and O–H groups in total. The van der Waals surface area contributed by atoms with Crippen molar-refractivity contribution in [1.82, 2.24) is 15.5 Å². The third-order valence-electron chi connectivity index (χ3n) is 7.03. The van der Waals surface area contributed by atoms with E-state index >= 15 is 0 Å². The van der Waals surface area contributed by atoms with E-state index in [4.69, 9.17) is 4.99 Å². The van der Waals surface area contributed by atoms with Gasteiger partial charge in [0.15, 0.2) is 5.96 Å². The molecule has 4 rings (SSSR count). The zero-order chi connectivity index (χ0) is 18.0. The van der Waals surface area contributed by atoms with E-state index in [1.807, 2.05) is 0 Å². The topological polar surface area (TPSA) is 56.7 Å². The summed E-state index contributed by atoms with van der Waals surface area (Å²) in [6.07, 6.45) is 12.6. The van der Waals surface area contributed by atoms with Gasteiger partial charge in [0.2, 0.25) is 5.91 Å². The smallest absolute Gasteiger partial charge is 0.225 e. The first kappa shape index (κ1) is 18.1. The second-order valence-corrected chi connectivity index (χ2v) is 9.08. The molecular formula is C21H36N4O. The average Bonchev–Trinajstić information content (AvgIpc) is 3.58. The van der Waals surface area contributed by atoms with Gasteiger partial charge in [-0.2, -0.15) is 0 Å². The lowest BCUT2D eigenvalue weighted by atomic mass is 9.88. The number of carbonyl (C=O) groups excluding carboxylic acids is 1. The Morgan fingerprint density at radius 2 is 1.88 bits per heavy atom. The summed E-state index contributed by atoms with van der Waals surface area (Å²) in [5.41, 5.74) is 0.543. The SMILES string of the molecule is CCNC(=NCC1(C2CC2)CC1)NC1CCN(C(=O)C2CCCCC2)C1. The van der Waals surface area contributed by atoms with E-state index in [1.165, 1.54) is 44.9 Å². The monoisotopic (exact) mass is 360 g/mol. The highest BCUT2D eigenvalue weighted by Gasteiger charge is 2.53. The van der Waals surface area contributed by atoms with Gasteiger partial charge in [-0.3, -0.25) is 9.79 Å². The predicted octanol–water partition coefficient (Wildman–Crippen LogP) is 2.91. The van der Waals surface area contributed by atoms with Gasteiger partial charge >= 0.3 is 0 Å². The Bertz CT molecular complexity index is 532. The van der Waals surface area contributed by atoms with Gasteiger partial charge < -0.3 is 15.5 Å². The predicted molar refractivity (Wildman–Crippen MR) is 105 cm³/mol. The van der Waals surface area contributed by atoms with Crippen LogP contribution in [0.5, 0.6) is 0 Å². The largest absolute Gasteiger partial charge is 0.357 e. The van der Waals surface area contributed by atoms with Crippen LogP contribution in [0.1, 0.15) is 71.1 Å². The molecule has 0 aromatic carbocycles. The molecule has 146 valence electrons. The molecule has 0 spiro atoms. The number of nitrogens with one attached hydrogen (secondary N) is 2. The van der Waals surface area contributed by atoms with E-state index in [9.17, 15) is 4.79 Å². The van der Waals surface area contributed by atoms with Crippen LogP contribution < -0.4 is 10.6 Å². The zero-order valence-electron chi connectivity index (χ0n) is 16.4. The Hall–Kier alpha value is -1.26. The van der Waals surface area contributed by atoms with Crippen molar-refractivity contribution in [1.29, 1.82) is 0 Å². The van der Waals surface area contributed by atoms with Crippen LogP contribution in [-0.4, -0.2) is 49.0 Å². The second-order valence-electron chi connectivity index (χ2n) is 9.08. The van der Waals surface area contributed by atoms with Gasteiger partial charge in [-0.05, 0) is 63.2 Å². The molecule has 1 heterocycles. The molecular weight excluding hydrogens is 324 g/mol. The fourth-order valence-corrected chi connectivity index (χ4v) is 4.99. The summed E-state index contributed by atoms with van der Waals surface area (Å²) in [6, 6.07) is 0.344. The van der Waals surface area contributed by atoms with Gasteiger partial charge in [-0.15, -0.1) is 0 Å². The summed E-state index contributed by atoms with van der Waals surface area (Å²) >= 11 is 0. The standard InChI is InChI=1S/C21H36N4O/c1-2-22-20(23-15-21(11-12-21)17-8-9-17)24-18-10-13-25(14-18)19(26)16-6-4-3-5-7-16/h16-18H,2-15H2,1H3,(H2,22,23,24). The number of hydrogen-bond acceptors (Lipinski definition) is 2. The molecule has 0 bridgehead atoms. The maximum absolute atomic E-state index is 12.8.